The van der Waals surface area contributed by atoms with Crippen molar-refractivity contribution in [3.63, 3.8) is 0 Å². The zero-order valence-corrected chi connectivity index (χ0v) is 17.3. The van der Waals surface area contributed by atoms with Crippen LogP contribution in [0.1, 0.15) is 47.5 Å². The number of azide groups is 1. The van der Waals surface area contributed by atoms with Gasteiger partial charge in [-0.3, -0.25) is 0 Å². The summed E-state index contributed by atoms with van der Waals surface area (Å²) in [6.45, 7) is 10.5. The van der Waals surface area contributed by atoms with Crippen LogP contribution >= 0.6 is 0 Å². The van der Waals surface area contributed by atoms with E-state index in [-0.39, 0.29) is 25.2 Å². The molecule has 27 heavy (non-hydrogen) atoms. The van der Waals surface area contributed by atoms with Gasteiger partial charge in [-0.15, -0.1) is 0 Å². The van der Waals surface area contributed by atoms with Crippen molar-refractivity contribution in [3.8, 4) is 0 Å². The van der Waals surface area contributed by atoms with Crippen molar-refractivity contribution in [2.24, 2.45) is 5.11 Å². The highest BCUT2D eigenvalue weighted by molar-refractivity contribution is 5.74. The van der Waals surface area contributed by atoms with Gasteiger partial charge in [-0.1, -0.05) is 5.11 Å². The van der Waals surface area contributed by atoms with Crippen molar-refractivity contribution < 1.29 is 19.4 Å². The topological polar surface area (TPSA) is 131 Å². The highest BCUT2D eigenvalue weighted by Gasteiger charge is 2.25. The van der Waals surface area contributed by atoms with E-state index >= 15 is 0 Å². The predicted molar refractivity (Wildman–Crippen MR) is 104 cm³/mol. The first-order valence-corrected chi connectivity index (χ1v) is 9.12. The summed E-state index contributed by atoms with van der Waals surface area (Å²) < 4.78 is 5.04. The summed E-state index contributed by atoms with van der Waals surface area (Å²) in [5, 5.41) is 15.8. The number of rotatable bonds is 11. The number of carbonyl (C=O) groups is 2. The Morgan fingerprint density at radius 1 is 1.26 bits per heavy atom. The van der Waals surface area contributed by atoms with E-state index in [2.05, 4.69) is 15.3 Å². The Morgan fingerprint density at radius 2 is 1.85 bits per heavy atom. The first-order chi connectivity index (χ1) is 12.5. The zero-order valence-electron chi connectivity index (χ0n) is 17.3. The summed E-state index contributed by atoms with van der Waals surface area (Å²) in [4.78, 5) is 29.6. The van der Waals surface area contributed by atoms with Crippen LogP contribution < -0.4 is 5.32 Å². The van der Waals surface area contributed by atoms with Gasteiger partial charge in [0.15, 0.2) is 0 Å². The molecule has 3 amide bonds. The van der Waals surface area contributed by atoms with Gasteiger partial charge in [-0.2, -0.15) is 0 Å². The molecule has 10 nitrogen and oxygen atoms in total. The van der Waals surface area contributed by atoms with Gasteiger partial charge in [0.2, 0.25) is 0 Å². The van der Waals surface area contributed by atoms with Crippen molar-refractivity contribution in [1.82, 2.24) is 15.1 Å². The van der Waals surface area contributed by atoms with Crippen LogP contribution in [0.25, 0.3) is 10.4 Å². The third-order valence-corrected chi connectivity index (χ3v) is 3.80. The number of methoxy groups -OCH3 is 1. The summed E-state index contributed by atoms with van der Waals surface area (Å²) in [5.74, 6) is 0. The molecule has 0 heterocycles. The molecule has 156 valence electrons. The van der Waals surface area contributed by atoms with E-state index in [1.807, 2.05) is 34.6 Å². The van der Waals surface area contributed by atoms with Gasteiger partial charge in [-0.25, -0.2) is 9.59 Å². The molecule has 10 heteroatoms. The number of hydrogen-bond donors (Lipinski definition) is 2. The Labute approximate surface area is 161 Å². The van der Waals surface area contributed by atoms with Crippen LogP contribution in [-0.4, -0.2) is 78.0 Å². The highest BCUT2D eigenvalue weighted by Crippen LogP contribution is 2.14. The lowest BCUT2D eigenvalue weighted by molar-refractivity contribution is 0.0980. The number of carboxylic acid groups (broad SMARTS) is 1. The van der Waals surface area contributed by atoms with E-state index < -0.39 is 17.7 Å². The van der Waals surface area contributed by atoms with Crippen molar-refractivity contribution in [1.29, 1.82) is 0 Å². The molecule has 0 fully saturated rings. The Balaban J connectivity index is 4.86. The molecular weight excluding hydrogens is 352 g/mol. The van der Waals surface area contributed by atoms with Crippen LogP contribution in [0, 0.1) is 0 Å². The average molecular weight is 386 g/mol. The van der Waals surface area contributed by atoms with Crippen LogP contribution in [0.3, 0.4) is 0 Å². The molecular formula is C17H34N6O4. The predicted octanol–water partition coefficient (Wildman–Crippen LogP) is 3.29. The summed E-state index contributed by atoms with van der Waals surface area (Å²) in [5.41, 5.74) is 8.21. The highest BCUT2D eigenvalue weighted by atomic mass is 16.5. The maximum absolute atomic E-state index is 12.4. The number of urea groups is 1. The van der Waals surface area contributed by atoms with Crippen molar-refractivity contribution in [2.75, 3.05) is 33.4 Å². The fourth-order valence-electron chi connectivity index (χ4n) is 2.55. The maximum atomic E-state index is 12.4. The lowest BCUT2D eigenvalue weighted by Crippen LogP contribution is -2.47. The zero-order chi connectivity index (χ0) is 21.0. The molecule has 0 rings (SSSR count). The van der Waals surface area contributed by atoms with Crippen molar-refractivity contribution in [3.05, 3.63) is 10.4 Å². The fraction of sp³-hybridized carbons (Fsp3) is 0.882. The Bertz CT molecular complexity index is 514. The lowest BCUT2D eigenvalue weighted by Gasteiger charge is -2.33. The number of amides is 3. The van der Waals surface area contributed by atoms with Crippen molar-refractivity contribution >= 4 is 12.1 Å². The molecule has 0 aromatic rings. The van der Waals surface area contributed by atoms with Crippen LogP contribution in [0.2, 0.25) is 0 Å². The molecule has 0 spiro atoms. The second-order valence-electron chi connectivity index (χ2n) is 7.68. The molecule has 2 N–H and O–H groups in total. The summed E-state index contributed by atoms with van der Waals surface area (Å²) in [6, 6.07) is -0.753. The molecule has 0 aromatic heterocycles. The summed E-state index contributed by atoms with van der Waals surface area (Å²) >= 11 is 0. The lowest BCUT2D eigenvalue weighted by atomic mass is 10.1. The third kappa shape index (κ3) is 10.5. The smallest absolute Gasteiger partial charge is 0.407 e. The third-order valence-electron chi connectivity index (χ3n) is 3.80. The molecule has 0 saturated heterocycles. The van der Waals surface area contributed by atoms with Crippen LogP contribution in [0.5, 0.6) is 0 Å². The number of ether oxygens (including phenoxy) is 1. The molecule has 0 saturated carbocycles. The first-order valence-electron chi connectivity index (χ1n) is 9.12. The molecule has 0 bridgehead atoms. The molecule has 0 aliphatic heterocycles. The SMILES string of the molecule is COC[C@@H](CN(CCCCN(C(=O)O)C(C)(C)C)C(=O)NC(C)C)N=[N+]=[N-]. The Morgan fingerprint density at radius 3 is 2.30 bits per heavy atom. The normalized spacial score (nSPS) is 12.3. The first kappa shape index (κ1) is 24.8. The van der Waals surface area contributed by atoms with E-state index in [4.69, 9.17) is 10.3 Å². The van der Waals surface area contributed by atoms with Crippen molar-refractivity contribution in [2.45, 2.75) is 65.1 Å². The van der Waals surface area contributed by atoms with Gasteiger partial charge in [-0.05, 0) is 53.0 Å². The summed E-state index contributed by atoms with van der Waals surface area (Å²) in [7, 11) is 1.51. The van der Waals surface area contributed by atoms with E-state index in [1.165, 1.54) is 12.0 Å². The van der Waals surface area contributed by atoms with Gasteiger partial charge in [0, 0.05) is 43.2 Å². The van der Waals surface area contributed by atoms with Gasteiger partial charge >= 0.3 is 12.1 Å². The van der Waals surface area contributed by atoms with Gasteiger partial charge in [0.1, 0.15) is 0 Å². The monoisotopic (exact) mass is 386 g/mol. The average Bonchev–Trinajstić information content (AvgIpc) is 2.51. The molecule has 0 unspecified atom stereocenters. The van der Waals surface area contributed by atoms with Crippen LogP contribution in [-0.2, 0) is 4.74 Å². The number of unbranched alkanes of at least 4 members (excludes halogenated alkanes) is 1. The quantitative estimate of drug-likeness (QED) is 0.244. The minimum Gasteiger partial charge on any atom is -0.465 e. The largest absolute Gasteiger partial charge is 0.465 e. The maximum Gasteiger partial charge on any atom is 0.407 e. The van der Waals surface area contributed by atoms with Crippen LogP contribution in [0.4, 0.5) is 9.59 Å². The number of carbonyl (C=O) groups excluding carboxylic acids is 1. The molecule has 0 radical (unpaired) electrons. The number of hydrogen-bond acceptors (Lipinski definition) is 4. The standard InChI is InChI=1S/C17H34N6O4/c1-13(2)19-15(24)22(11-14(12-27-6)20-21-18)9-7-8-10-23(16(25)26)17(3,4)5/h13-14H,7-12H2,1-6H3,(H,19,24)(H,25,26)/t14-/m1/s1. The van der Waals surface area contributed by atoms with Gasteiger partial charge < -0.3 is 25.0 Å². The molecule has 0 aliphatic rings. The minimum absolute atomic E-state index is 0.0243. The van der Waals surface area contributed by atoms with Gasteiger partial charge in [0.05, 0.1) is 12.6 Å². The van der Waals surface area contributed by atoms with E-state index in [0.717, 1.165) is 0 Å². The van der Waals surface area contributed by atoms with Crippen LogP contribution in [0.15, 0.2) is 5.11 Å². The van der Waals surface area contributed by atoms with E-state index in [9.17, 15) is 14.7 Å². The minimum atomic E-state index is -0.958. The number of nitrogens with one attached hydrogen (secondary N) is 1. The second-order valence-corrected chi connectivity index (χ2v) is 7.68. The second kappa shape index (κ2) is 12.2. The van der Waals surface area contributed by atoms with E-state index in [0.29, 0.717) is 25.9 Å². The molecule has 1 atom stereocenters. The summed E-state index contributed by atoms with van der Waals surface area (Å²) in [6.07, 6.45) is 0.285. The Kier molecular flexibility index (Phi) is 11.2. The number of nitrogens with zero attached hydrogens (tertiary/aromatic N) is 5. The molecule has 0 aromatic carbocycles. The fourth-order valence-corrected chi connectivity index (χ4v) is 2.55. The van der Waals surface area contributed by atoms with Gasteiger partial charge in [0.25, 0.3) is 0 Å². The molecule has 0 aliphatic carbocycles. The Hall–Kier alpha value is -2.19. The van der Waals surface area contributed by atoms with E-state index in [1.54, 1.807) is 4.90 Å².